The van der Waals surface area contributed by atoms with Crippen LogP contribution in [0.1, 0.15) is 24.6 Å². The third-order valence-electron chi connectivity index (χ3n) is 3.12. The highest BCUT2D eigenvalue weighted by atomic mass is 35.5. The van der Waals surface area contributed by atoms with Crippen LogP contribution in [0.4, 0.5) is 0 Å². The summed E-state index contributed by atoms with van der Waals surface area (Å²) in [6, 6.07) is 5.69. The van der Waals surface area contributed by atoms with Crippen molar-refractivity contribution in [1.82, 2.24) is 15.1 Å². The van der Waals surface area contributed by atoms with Gasteiger partial charge in [-0.3, -0.25) is 4.68 Å². The molecule has 0 saturated carbocycles. The maximum atomic E-state index is 6.09. The predicted molar refractivity (Wildman–Crippen MR) is 90.5 cm³/mol. The van der Waals surface area contributed by atoms with Gasteiger partial charge in [-0.25, -0.2) is 0 Å². The van der Waals surface area contributed by atoms with Gasteiger partial charge in [0.25, 0.3) is 0 Å². The largest absolute Gasteiger partial charge is 0.313 e. The minimum Gasteiger partial charge on any atom is -0.313 e. The van der Waals surface area contributed by atoms with E-state index in [0.29, 0.717) is 10.0 Å². The molecule has 0 aliphatic heterocycles. The van der Waals surface area contributed by atoms with E-state index in [1.54, 1.807) is 11.8 Å². The first-order valence-corrected chi connectivity index (χ1v) is 8.46. The van der Waals surface area contributed by atoms with E-state index < -0.39 is 0 Å². The number of nitrogens with zero attached hydrogens (tertiary/aromatic N) is 2. The van der Waals surface area contributed by atoms with Crippen LogP contribution in [0.25, 0.3) is 0 Å². The zero-order valence-corrected chi connectivity index (χ0v) is 14.7. The molecule has 1 heterocycles. The minimum absolute atomic E-state index is 0.575. The van der Waals surface area contributed by atoms with E-state index in [1.165, 1.54) is 5.56 Å². The van der Waals surface area contributed by atoms with Gasteiger partial charge in [-0.15, -0.1) is 0 Å². The van der Waals surface area contributed by atoms with Gasteiger partial charge in [-0.2, -0.15) is 5.10 Å². The molecule has 6 heteroatoms. The zero-order valence-electron chi connectivity index (χ0n) is 12.4. The number of aryl methyl sites for hydroxylation is 2. The van der Waals surface area contributed by atoms with Crippen LogP contribution in [0.15, 0.2) is 28.1 Å². The second-order valence-corrected chi connectivity index (χ2v) is 6.72. The van der Waals surface area contributed by atoms with Crippen LogP contribution in [0.2, 0.25) is 10.0 Å². The summed E-state index contributed by atoms with van der Waals surface area (Å²) in [4.78, 5) is 1.06. The monoisotopic (exact) mass is 343 g/mol. The van der Waals surface area contributed by atoms with Crippen molar-refractivity contribution < 1.29 is 0 Å². The molecule has 114 valence electrons. The first-order valence-electron chi connectivity index (χ1n) is 6.89. The molecule has 0 radical (unpaired) electrons. The van der Waals surface area contributed by atoms with Crippen molar-refractivity contribution in [3.8, 4) is 0 Å². The lowest BCUT2D eigenvalue weighted by Gasteiger charge is -2.08. The number of benzene rings is 1. The highest BCUT2D eigenvalue weighted by Crippen LogP contribution is 2.34. The van der Waals surface area contributed by atoms with Crippen molar-refractivity contribution in [3.05, 3.63) is 39.5 Å². The summed E-state index contributed by atoms with van der Waals surface area (Å²) in [6.07, 6.45) is 1.12. The molecule has 21 heavy (non-hydrogen) atoms. The van der Waals surface area contributed by atoms with Crippen LogP contribution < -0.4 is 5.32 Å². The standard InChI is InChI=1S/C15H19Cl2N3S/c1-4-7-18-9-12-10(2)19-20(3)15(12)21-11-5-6-13(16)14(17)8-11/h5-6,8,18H,4,7,9H2,1-3H3. The van der Waals surface area contributed by atoms with Crippen molar-refractivity contribution >= 4 is 35.0 Å². The summed E-state index contributed by atoms with van der Waals surface area (Å²) in [5.74, 6) is 0. The van der Waals surface area contributed by atoms with Gasteiger partial charge in [0.1, 0.15) is 5.03 Å². The summed E-state index contributed by atoms with van der Waals surface area (Å²) in [6.45, 7) is 6.04. The molecule has 0 aliphatic rings. The van der Waals surface area contributed by atoms with Gasteiger partial charge in [0, 0.05) is 24.1 Å². The molecular weight excluding hydrogens is 325 g/mol. The fourth-order valence-electron chi connectivity index (χ4n) is 2.05. The quantitative estimate of drug-likeness (QED) is 0.771. The normalized spacial score (nSPS) is 11.1. The van der Waals surface area contributed by atoms with Gasteiger partial charge in [-0.1, -0.05) is 41.9 Å². The lowest BCUT2D eigenvalue weighted by atomic mass is 10.2. The van der Waals surface area contributed by atoms with Crippen LogP contribution in [0.5, 0.6) is 0 Å². The Morgan fingerprint density at radius 2 is 2.05 bits per heavy atom. The first-order chi connectivity index (χ1) is 10.0. The van der Waals surface area contributed by atoms with Gasteiger partial charge in [-0.05, 0) is 38.1 Å². The smallest absolute Gasteiger partial charge is 0.103 e. The third-order valence-corrected chi connectivity index (χ3v) is 5.06. The Labute approximate surface area is 140 Å². The molecule has 0 fully saturated rings. The molecule has 0 spiro atoms. The van der Waals surface area contributed by atoms with Gasteiger partial charge < -0.3 is 5.32 Å². The first kappa shape index (κ1) is 16.7. The van der Waals surface area contributed by atoms with E-state index in [0.717, 1.165) is 35.1 Å². The summed E-state index contributed by atoms with van der Waals surface area (Å²) >= 11 is 13.7. The van der Waals surface area contributed by atoms with Crippen molar-refractivity contribution in [3.63, 3.8) is 0 Å². The summed E-state index contributed by atoms with van der Waals surface area (Å²) < 4.78 is 1.92. The number of halogens is 2. The maximum Gasteiger partial charge on any atom is 0.103 e. The summed E-state index contributed by atoms with van der Waals surface area (Å²) in [5, 5.41) is 10.2. The van der Waals surface area contributed by atoms with Crippen molar-refractivity contribution in [2.24, 2.45) is 7.05 Å². The molecule has 0 saturated heterocycles. The highest BCUT2D eigenvalue weighted by molar-refractivity contribution is 7.99. The molecular formula is C15H19Cl2N3S. The molecule has 0 amide bonds. The Balaban J connectivity index is 2.23. The molecule has 0 aliphatic carbocycles. The van der Waals surface area contributed by atoms with E-state index in [4.69, 9.17) is 23.2 Å². The second kappa shape index (κ2) is 7.54. The third kappa shape index (κ3) is 4.16. The Morgan fingerprint density at radius 1 is 1.29 bits per heavy atom. The van der Waals surface area contributed by atoms with Gasteiger partial charge in [0.05, 0.1) is 15.7 Å². The van der Waals surface area contributed by atoms with E-state index in [9.17, 15) is 0 Å². The summed E-state index contributed by atoms with van der Waals surface area (Å²) in [7, 11) is 1.97. The van der Waals surface area contributed by atoms with E-state index in [2.05, 4.69) is 17.3 Å². The van der Waals surface area contributed by atoms with E-state index in [1.807, 2.05) is 36.9 Å². The number of rotatable bonds is 6. The Kier molecular flexibility index (Phi) is 5.99. The lowest BCUT2D eigenvalue weighted by molar-refractivity contribution is 0.653. The Bertz CT molecular complexity index is 626. The van der Waals surface area contributed by atoms with Crippen molar-refractivity contribution in [2.75, 3.05) is 6.54 Å². The fraction of sp³-hybridized carbons (Fsp3) is 0.400. The highest BCUT2D eigenvalue weighted by Gasteiger charge is 2.14. The molecule has 1 N–H and O–H groups in total. The molecule has 0 bridgehead atoms. The number of hydrogen-bond donors (Lipinski definition) is 1. The van der Waals surface area contributed by atoms with Crippen molar-refractivity contribution in [2.45, 2.75) is 36.7 Å². The van der Waals surface area contributed by atoms with E-state index >= 15 is 0 Å². The fourth-order valence-corrected chi connectivity index (χ4v) is 3.47. The number of hydrogen-bond acceptors (Lipinski definition) is 3. The topological polar surface area (TPSA) is 29.9 Å². The van der Waals surface area contributed by atoms with Crippen LogP contribution in [0, 0.1) is 6.92 Å². The van der Waals surface area contributed by atoms with E-state index in [-0.39, 0.29) is 0 Å². The average Bonchev–Trinajstić information content (AvgIpc) is 2.70. The van der Waals surface area contributed by atoms with Crippen LogP contribution in [-0.2, 0) is 13.6 Å². The van der Waals surface area contributed by atoms with Gasteiger partial charge >= 0.3 is 0 Å². The molecule has 0 atom stereocenters. The van der Waals surface area contributed by atoms with Crippen LogP contribution >= 0.6 is 35.0 Å². The molecule has 1 aromatic heterocycles. The minimum atomic E-state index is 0.575. The summed E-state index contributed by atoms with van der Waals surface area (Å²) in [5.41, 5.74) is 2.30. The van der Waals surface area contributed by atoms with Crippen LogP contribution in [-0.4, -0.2) is 16.3 Å². The maximum absolute atomic E-state index is 6.09. The molecule has 2 aromatic rings. The van der Waals surface area contributed by atoms with Gasteiger partial charge in [0.15, 0.2) is 0 Å². The second-order valence-electron chi connectivity index (χ2n) is 4.85. The van der Waals surface area contributed by atoms with Gasteiger partial charge in [0.2, 0.25) is 0 Å². The molecule has 2 rings (SSSR count). The van der Waals surface area contributed by atoms with Crippen LogP contribution in [0.3, 0.4) is 0 Å². The molecule has 1 aromatic carbocycles. The Hall–Kier alpha value is -0.680. The SMILES string of the molecule is CCCNCc1c(C)nn(C)c1Sc1ccc(Cl)c(Cl)c1. The molecule has 0 unspecified atom stereocenters. The predicted octanol–water partition coefficient (Wildman–Crippen LogP) is 4.69. The molecule has 3 nitrogen and oxygen atoms in total. The zero-order chi connectivity index (χ0) is 15.4. The average molecular weight is 344 g/mol. The lowest BCUT2D eigenvalue weighted by Crippen LogP contribution is -2.14. The Morgan fingerprint density at radius 3 is 2.71 bits per heavy atom. The van der Waals surface area contributed by atoms with Crippen molar-refractivity contribution in [1.29, 1.82) is 0 Å². The number of nitrogens with one attached hydrogen (secondary N) is 1. The number of aromatic nitrogens is 2.